The van der Waals surface area contributed by atoms with Gasteiger partial charge in [0.1, 0.15) is 11.8 Å². The Morgan fingerprint density at radius 1 is 1.62 bits per heavy atom. The van der Waals surface area contributed by atoms with Crippen molar-refractivity contribution in [2.45, 2.75) is 38.0 Å². The second-order valence-electron chi connectivity index (χ2n) is 2.75. The van der Waals surface area contributed by atoms with Crippen molar-refractivity contribution in [2.75, 3.05) is 0 Å². The Kier molecular flexibility index (Phi) is 1.25. The van der Waals surface area contributed by atoms with E-state index in [1.165, 1.54) is 6.92 Å². The molecule has 1 fully saturated rings. The number of halogens is 2. The summed E-state index contributed by atoms with van der Waals surface area (Å²) < 4.78 is 24.8. The molecule has 0 saturated heterocycles. The summed E-state index contributed by atoms with van der Waals surface area (Å²) in [6, 6.07) is 0. The summed E-state index contributed by atoms with van der Waals surface area (Å²) >= 11 is 0. The fourth-order valence-corrected chi connectivity index (χ4v) is 1.12. The second kappa shape index (κ2) is 1.67. The number of rotatable bonds is 0. The highest BCUT2D eigenvalue weighted by Crippen LogP contribution is 2.34. The van der Waals surface area contributed by atoms with Gasteiger partial charge in [0.25, 0.3) is 0 Å². The number of hydrogen-bond acceptors (Lipinski definition) is 0. The van der Waals surface area contributed by atoms with Gasteiger partial charge in [-0.05, 0) is 19.8 Å². The van der Waals surface area contributed by atoms with E-state index in [1.807, 2.05) is 0 Å². The number of alkyl halides is 2. The van der Waals surface area contributed by atoms with E-state index < -0.39 is 11.8 Å². The molecule has 0 radical (unpaired) electrons. The first kappa shape index (κ1) is 5.99. The van der Waals surface area contributed by atoms with Crippen LogP contribution in [0.15, 0.2) is 0 Å². The average Bonchev–Trinajstić information content (AvgIpc) is 1.82. The van der Waals surface area contributed by atoms with Crippen LogP contribution in [0.4, 0.5) is 8.78 Å². The SMILES string of the molecule is CC1(F)CCC(F)C1. The van der Waals surface area contributed by atoms with E-state index in [0.717, 1.165) is 0 Å². The Bertz CT molecular complexity index is 88.5. The third kappa shape index (κ3) is 1.17. The van der Waals surface area contributed by atoms with Gasteiger partial charge in [-0.1, -0.05) is 0 Å². The van der Waals surface area contributed by atoms with Crippen LogP contribution in [0.3, 0.4) is 0 Å². The van der Waals surface area contributed by atoms with Crippen molar-refractivity contribution in [1.82, 2.24) is 0 Å². The predicted octanol–water partition coefficient (Wildman–Crippen LogP) is 2.24. The third-order valence-corrected chi connectivity index (χ3v) is 1.63. The molecule has 0 nitrogen and oxygen atoms in total. The molecule has 0 aliphatic heterocycles. The normalized spacial score (nSPS) is 47.6. The summed E-state index contributed by atoms with van der Waals surface area (Å²) in [4.78, 5) is 0. The Labute approximate surface area is 47.9 Å². The van der Waals surface area contributed by atoms with E-state index in [-0.39, 0.29) is 6.42 Å². The predicted molar refractivity (Wildman–Crippen MR) is 28.3 cm³/mol. The van der Waals surface area contributed by atoms with Crippen molar-refractivity contribution in [3.8, 4) is 0 Å². The van der Waals surface area contributed by atoms with Gasteiger partial charge >= 0.3 is 0 Å². The lowest BCUT2D eigenvalue weighted by Crippen LogP contribution is -2.11. The van der Waals surface area contributed by atoms with Gasteiger partial charge in [0, 0.05) is 6.42 Å². The first-order chi connectivity index (χ1) is 3.60. The minimum atomic E-state index is -1.21. The van der Waals surface area contributed by atoms with Gasteiger partial charge in [0.2, 0.25) is 0 Å². The maximum absolute atomic E-state index is 12.6. The molecule has 1 saturated carbocycles. The van der Waals surface area contributed by atoms with Gasteiger partial charge < -0.3 is 0 Å². The van der Waals surface area contributed by atoms with Crippen LogP contribution in [-0.2, 0) is 0 Å². The Hall–Kier alpha value is -0.140. The van der Waals surface area contributed by atoms with Gasteiger partial charge in [-0.2, -0.15) is 0 Å². The van der Waals surface area contributed by atoms with Gasteiger partial charge in [-0.25, -0.2) is 8.78 Å². The van der Waals surface area contributed by atoms with Crippen molar-refractivity contribution in [3.63, 3.8) is 0 Å². The van der Waals surface area contributed by atoms with E-state index in [2.05, 4.69) is 0 Å². The first-order valence-corrected chi connectivity index (χ1v) is 2.93. The summed E-state index contributed by atoms with van der Waals surface area (Å²) in [5.74, 6) is 0. The Morgan fingerprint density at radius 3 is 2.38 bits per heavy atom. The molecule has 1 aliphatic rings. The van der Waals surface area contributed by atoms with Crippen LogP contribution >= 0.6 is 0 Å². The molecule has 0 spiro atoms. The molecule has 0 N–H and O–H groups in total. The molecule has 48 valence electrons. The third-order valence-electron chi connectivity index (χ3n) is 1.63. The maximum Gasteiger partial charge on any atom is 0.111 e. The van der Waals surface area contributed by atoms with Gasteiger partial charge in [0.05, 0.1) is 0 Å². The summed E-state index contributed by atoms with van der Waals surface area (Å²) in [6.07, 6.45) is 0.0266. The molecular formula is C6H10F2. The lowest BCUT2D eigenvalue weighted by molar-refractivity contribution is 0.183. The van der Waals surface area contributed by atoms with E-state index in [9.17, 15) is 8.78 Å². The lowest BCUT2D eigenvalue weighted by atomic mass is 10.1. The van der Waals surface area contributed by atoms with Gasteiger partial charge in [0.15, 0.2) is 0 Å². The minimum Gasteiger partial charge on any atom is -0.247 e. The minimum absolute atomic E-state index is 0.104. The zero-order valence-electron chi connectivity index (χ0n) is 4.95. The van der Waals surface area contributed by atoms with Gasteiger partial charge in [-0.15, -0.1) is 0 Å². The van der Waals surface area contributed by atoms with Crippen LogP contribution in [0.25, 0.3) is 0 Å². The van der Waals surface area contributed by atoms with Crippen molar-refractivity contribution < 1.29 is 8.78 Å². The Morgan fingerprint density at radius 2 is 2.25 bits per heavy atom. The van der Waals surface area contributed by atoms with Crippen molar-refractivity contribution in [3.05, 3.63) is 0 Å². The molecule has 0 aromatic rings. The molecule has 1 aliphatic carbocycles. The van der Waals surface area contributed by atoms with Crippen molar-refractivity contribution in [2.24, 2.45) is 0 Å². The number of hydrogen-bond donors (Lipinski definition) is 0. The van der Waals surface area contributed by atoms with Crippen molar-refractivity contribution in [1.29, 1.82) is 0 Å². The molecule has 2 unspecified atom stereocenters. The maximum atomic E-state index is 12.6. The molecule has 0 amide bonds. The van der Waals surface area contributed by atoms with E-state index in [4.69, 9.17) is 0 Å². The zero-order valence-corrected chi connectivity index (χ0v) is 4.95. The van der Waals surface area contributed by atoms with E-state index >= 15 is 0 Å². The van der Waals surface area contributed by atoms with E-state index in [1.54, 1.807) is 0 Å². The van der Waals surface area contributed by atoms with Crippen LogP contribution in [0.1, 0.15) is 26.2 Å². The van der Waals surface area contributed by atoms with Crippen LogP contribution in [-0.4, -0.2) is 11.8 Å². The molecule has 2 heteroatoms. The molecule has 0 bridgehead atoms. The largest absolute Gasteiger partial charge is 0.247 e. The molecule has 0 heterocycles. The molecule has 2 atom stereocenters. The molecule has 8 heavy (non-hydrogen) atoms. The standard InChI is InChI=1S/C6H10F2/c1-6(8)3-2-5(7)4-6/h5H,2-4H2,1H3. The van der Waals surface area contributed by atoms with Crippen LogP contribution in [0, 0.1) is 0 Å². The summed E-state index contributed by atoms with van der Waals surface area (Å²) in [7, 11) is 0. The Balaban J connectivity index is 2.44. The smallest absolute Gasteiger partial charge is 0.111 e. The van der Waals surface area contributed by atoms with Crippen LogP contribution in [0.2, 0.25) is 0 Å². The highest BCUT2D eigenvalue weighted by molar-refractivity contribution is 4.85. The summed E-state index contributed by atoms with van der Waals surface area (Å²) in [6.45, 7) is 1.46. The van der Waals surface area contributed by atoms with Crippen LogP contribution < -0.4 is 0 Å². The van der Waals surface area contributed by atoms with E-state index in [0.29, 0.717) is 12.8 Å². The molecule has 1 rings (SSSR count). The lowest BCUT2D eigenvalue weighted by Gasteiger charge is -2.08. The van der Waals surface area contributed by atoms with Gasteiger partial charge in [-0.3, -0.25) is 0 Å². The fraction of sp³-hybridized carbons (Fsp3) is 1.00. The molecular weight excluding hydrogens is 110 g/mol. The van der Waals surface area contributed by atoms with Crippen LogP contribution in [0.5, 0.6) is 0 Å². The topological polar surface area (TPSA) is 0 Å². The zero-order chi connectivity index (χ0) is 6.20. The molecule has 0 aromatic carbocycles. The highest BCUT2D eigenvalue weighted by atomic mass is 19.2. The summed E-state index contributed by atoms with van der Waals surface area (Å²) in [5, 5.41) is 0. The second-order valence-corrected chi connectivity index (χ2v) is 2.75. The van der Waals surface area contributed by atoms with Crippen molar-refractivity contribution >= 4 is 0 Å². The fourth-order valence-electron chi connectivity index (χ4n) is 1.12. The quantitative estimate of drug-likeness (QED) is 0.460. The molecule has 0 aromatic heterocycles. The average molecular weight is 120 g/mol. The first-order valence-electron chi connectivity index (χ1n) is 2.93. The highest BCUT2D eigenvalue weighted by Gasteiger charge is 2.34. The monoisotopic (exact) mass is 120 g/mol. The summed E-state index contributed by atoms with van der Waals surface area (Å²) in [5.41, 5.74) is -1.21.